The van der Waals surface area contributed by atoms with E-state index in [1.807, 2.05) is 36.4 Å². The van der Waals surface area contributed by atoms with Crippen molar-refractivity contribution in [2.75, 3.05) is 50.0 Å². The number of carbonyl (C=O) groups is 2. The second-order valence-electron chi connectivity index (χ2n) is 9.01. The Bertz CT molecular complexity index is 1390. The largest absolute Gasteiger partial charge is 0.379 e. The van der Waals surface area contributed by atoms with Crippen molar-refractivity contribution in [3.8, 4) is 11.1 Å². The number of rotatable bonds is 7. The van der Waals surface area contributed by atoms with Crippen LogP contribution in [0.25, 0.3) is 11.1 Å². The van der Waals surface area contributed by atoms with Gasteiger partial charge < -0.3 is 20.7 Å². The number of nitrogens with one attached hydrogen (secondary N) is 3. The average molecular weight is 552 g/mol. The van der Waals surface area contributed by atoms with E-state index in [0.717, 1.165) is 55.1 Å². The van der Waals surface area contributed by atoms with Crippen molar-refractivity contribution in [3.05, 3.63) is 81.8 Å². The molecule has 2 heterocycles. The highest BCUT2D eigenvalue weighted by Gasteiger charge is 2.23. The van der Waals surface area contributed by atoms with E-state index in [2.05, 4.69) is 25.8 Å². The number of amides is 3. The molecule has 1 fully saturated rings. The van der Waals surface area contributed by atoms with Gasteiger partial charge in [-0.3, -0.25) is 14.7 Å². The number of halogens is 2. The van der Waals surface area contributed by atoms with Gasteiger partial charge in [0.2, 0.25) is 0 Å². The third-order valence-corrected chi connectivity index (χ3v) is 7.27. The first-order valence-corrected chi connectivity index (χ1v) is 13.1. The minimum Gasteiger partial charge on any atom is -0.379 e. The van der Waals surface area contributed by atoms with Crippen LogP contribution in [0, 0.1) is 0 Å². The number of fused-ring (bicyclic) bond motifs is 1. The van der Waals surface area contributed by atoms with Gasteiger partial charge in [0, 0.05) is 37.4 Å². The lowest BCUT2D eigenvalue weighted by molar-refractivity contribution is -0.114. The molecule has 3 aromatic rings. The van der Waals surface area contributed by atoms with Crippen molar-refractivity contribution < 1.29 is 14.3 Å². The maximum Gasteiger partial charge on any atom is 0.323 e. The first-order chi connectivity index (χ1) is 18.5. The first kappa shape index (κ1) is 26.2. The molecule has 3 aromatic carbocycles. The van der Waals surface area contributed by atoms with Crippen LogP contribution < -0.4 is 16.0 Å². The Balaban J connectivity index is 1.21. The van der Waals surface area contributed by atoms with Gasteiger partial charge in [-0.2, -0.15) is 0 Å². The van der Waals surface area contributed by atoms with Crippen molar-refractivity contribution in [1.82, 2.24) is 10.2 Å². The SMILES string of the molecule is O=C(Nc1cccc(-c2ccc3c(c2)CN=C3C(=O)NCCN2CCOCC2)c1)Nc1cccc(Cl)c1Cl. The molecule has 3 amide bonds. The molecule has 3 N–H and O–H groups in total. The number of ether oxygens (including phenoxy) is 1. The van der Waals surface area contributed by atoms with E-state index in [1.54, 1.807) is 24.3 Å². The van der Waals surface area contributed by atoms with Gasteiger partial charge in [-0.25, -0.2) is 4.79 Å². The fraction of sp³-hybridized carbons (Fsp3) is 0.250. The molecule has 0 aliphatic carbocycles. The third kappa shape index (κ3) is 6.16. The van der Waals surface area contributed by atoms with Crippen molar-refractivity contribution in [2.24, 2.45) is 4.99 Å². The summed E-state index contributed by atoms with van der Waals surface area (Å²) in [6.45, 7) is 5.07. The molecule has 0 unspecified atom stereocenters. The summed E-state index contributed by atoms with van der Waals surface area (Å²) >= 11 is 12.2. The number of hydrogen-bond donors (Lipinski definition) is 3. The molecule has 2 aliphatic rings. The Morgan fingerprint density at radius 2 is 1.74 bits per heavy atom. The van der Waals surface area contributed by atoms with Crippen LogP contribution >= 0.6 is 23.2 Å². The van der Waals surface area contributed by atoms with Gasteiger partial charge in [0.05, 0.1) is 35.5 Å². The summed E-state index contributed by atoms with van der Waals surface area (Å²) in [5, 5.41) is 9.18. The number of benzene rings is 3. The molecule has 8 nitrogen and oxygen atoms in total. The normalized spacial score (nSPS) is 14.9. The number of nitrogens with zero attached hydrogens (tertiary/aromatic N) is 2. The maximum atomic E-state index is 12.8. The molecule has 0 saturated carbocycles. The minimum atomic E-state index is -0.432. The molecule has 0 bridgehead atoms. The Morgan fingerprint density at radius 1 is 0.947 bits per heavy atom. The topological polar surface area (TPSA) is 95.1 Å². The first-order valence-electron chi connectivity index (χ1n) is 12.4. The Hall–Kier alpha value is -3.43. The highest BCUT2D eigenvalue weighted by molar-refractivity contribution is 6.46. The van der Waals surface area contributed by atoms with Crippen molar-refractivity contribution >= 4 is 52.2 Å². The molecule has 196 valence electrons. The molecule has 0 aromatic heterocycles. The maximum absolute atomic E-state index is 12.8. The molecular formula is C28H27Cl2N5O3. The molecule has 10 heteroatoms. The number of morpholine rings is 1. The van der Waals surface area contributed by atoms with E-state index in [0.29, 0.717) is 35.2 Å². The summed E-state index contributed by atoms with van der Waals surface area (Å²) in [6, 6.07) is 18.1. The average Bonchev–Trinajstić information content (AvgIpc) is 3.35. The predicted octanol–water partition coefficient (Wildman–Crippen LogP) is 5.06. The lowest BCUT2D eigenvalue weighted by Gasteiger charge is -2.26. The smallest absolute Gasteiger partial charge is 0.323 e. The number of anilines is 2. The second kappa shape index (κ2) is 12.0. The predicted molar refractivity (Wildman–Crippen MR) is 151 cm³/mol. The number of hydrogen-bond acceptors (Lipinski definition) is 5. The lowest BCUT2D eigenvalue weighted by atomic mass is 9.98. The zero-order valence-corrected chi connectivity index (χ0v) is 22.1. The Kier molecular flexibility index (Phi) is 8.24. The van der Waals surface area contributed by atoms with E-state index in [1.165, 1.54) is 0 Å². The Morgan fingerprint density at radius 3 is 2.58 bits per heavy atom. The van der Waals surface area contributed by atoms with Crippen molar-refractivity contribution in [3.63, 3.8) is 0 Å². The van der Waals surface area contributed by atoms with Crippen LogP contribution in [0.5, 0.6) is 0 Å². The van der Waals surface area contributed by atoms with Crippen LogP contribution in [-0.2, 0) is 16.1 Å². The van der Waals surface area contributed by atoms with E-state index in [9.17, 15) is 9.59 Å². The summed E-state index contributed by atoms with van der Waals surface area (Å²) < 4.78 is 5.36. The van der Waals surface area contributed by atoms with Crippen LogP contribution in [0.1, 0.15) is 11.1 Å². The zero-order valence-electron chi connectivity index (χ0n) is 20.6. The fourth-order valence-electron chi connectivity index (χ4n) is 4.48. The van der Waals surface area contributed by atoms with Crippen LogP contribution in [0.3, 0.4) is 0 Å². The molecule has 0 radical (unpaired) electrons. The van der Waals surface area contributed by atoms with Crippen molar-refractivity contribution in [2.45, 2.75) is 6.54 Å². The summed E-state index contributed by atoms with van der Waals surface area (Å²) in [5.41, 5.74) is 5.25. The van der Waals surface area contributed by atoms with E-state index in [-0.39, 0.29) is 10.9 Å². The lowest BCUT2D eigenvalue weighted by Crippen LogP contribution is -2.42. The van der Waals surface area contributed by atoms with Gasteiger partial charge in [-0.1, -0.05) is 53.5 Å². The van der Waals surface area contributed by atoms with E-state index in [4.69, 9.17) is 27.9 Å². The van der Waals surface area contributed by atoms with Gasteiger partial charge in [0.25, 0.3) is 5.91 Å². The fourth-order valence-corrected chi connectivity index (χ4v) is 4.82. The van der Waals surface area contributed by atoms with Gasteiger partial charge in [-0.05, 0) is 47.0 Å². The zero-order chi connectivity index (χ0) is 26.5. The monoisotopic (exact) mass is 551 g/mol. The summed E-state index contributed by atoms with van der Waals surface area (Å²) in [7, 11) is 0. The summed E-state index contributed by atoms with van der Waals surface area (Å²) in [4.78, 5) is 32.1. The summed E-state index contributed by atoms with van der Waals surface area (Å²) in [5.74, 6) is -0.151. The van der Waals surface area contributed by atoms with Crippen molar-refractivity contribution in [1.29, 1.82) is 0 Å². The van der Waals surface area contributed by atoms with E-state index >= 15 is 0 Å². The third-order valence-electron chi connectivity index (χ3n) is 6.45. The molecule has 2 aliphatic heterocycles. The summed E-state index contributed by atoms with van der Waals surface area (Å²) in [6.07, 6.45) is 0. The molecule has 0 atom stereocenters. The molecule has 5 rings (SSSR count). The van der Waals surface area contributed by atoms with Crippen LogP contribution in [-0.4, -0.2) is 61.9 Å². The van der Waals surface area contributed by atoms with Gasteiger partial charge >= 0.3 is 6.03 Å². The second-order valence-corrected chi connectivity index (χ2v) is 9.79. The highest BCUT2D eigenvalue weighted by Crippen LogP contribution is 2.30. The van der Waals surface area contributed by atoms with Gasteiger partial charge in [0.15, 0.2) is 0 Å². The van der Waals surface area contributed by atoms with Crippen LogP contribution in [0.4, 0.5) is 16.2 Å². The Labute approximate surface area is 231 Å². The quantitative estimate of drug-likeness (QED) is 0.382. The van der Waals surface area contributed by atoms with Gasteiger partial charge in [0.1, 0.15) is 5.71 Å². The van der Waals surface area contributed by atoms with E-state index < -0.39 is 6.03 Å². The molecular weight excluding hydrogens is 525 g/mol. The standard InChI is InChI=1S/C28H27Cl2N5O3/c29-23-5-2-6-24(25(23)30)34-28(37)33-21-4-1-3-18(16-21)19-7-8-22-20(15-19)17-32-26(22)27(36)31-9-10-35-11-13-38-14-12-35/h1-8,15-16H,9-14,17H2,(H,31,36)(H2,33,34,37). The molecule has 38 heavy (non-hydrogen) atoms. The van der Waals surface area contributed by atoms with Gasteiger partial charge in [-0.15, -0.1) is 0 Å². The van der Waals surface area contributed by atoms with Crippen LogP contribution in [0.2, 0.25) is 10.0 Å². The highest BCUT2D eigenvalue weighted by atomic mass is 35.5. The number of carbonyl (C=O) groups excluding carboxylic acids is 2. The molecule has 1 saturated heterocycles. The number of urea groups is 1. The number of aliphatic imine (C=N–C) groups is 1. The minimum absolute atomic E-state index is 0.151. The molecule has 0 spiro atoms. The van der Waals surface area contributed by atoms with Crippen LogP contribution in [0.15, 0.2) is 65.7 Å².